The number of hydrogen-bond acceptors (Lipinski definition) is 3. The summed E-state index contributed by atoms with van der Waals surface area (Å²) in [5.74, 6) is 1.24. The van der Waals surface area contributed by atoms with Crippen LogP contribution < -0.4 is 9.39 Å². The summed E-state index contributed by atoms with van der Waals surface area (Å²) < 4.78 is 10.0. The molecule has 1 aromatic carbocycles. The summed E-state index contributed by atoms with van der Waals surface area (Å²) in [4.78, 5) is 0. The first-order valence-electron chi connectivity index (χ1n) is 3.67. The average Bonchev–Trinajstić information content (AvgIpc) is 2.09. The van der Waals surface area contributed by atoms with Crippen molar-refractivity contribution >= 4 is 7.69 Å². The number of hydrogen-bond donors (Lipinski definition) is 1. The fraction of sp³-hybridized carbons (Fsp3) is 0.250. The minimum absolute atomic E-state index is 0.332. The smallest absolute Gasteiger partial charge is 0.504 e. The normalized spacial score (nSPS) is 9.25. The Hall–Kier alpha value is -1.16. The number of ether oxygens (including phenoxy) is 1. The molecular weight excluding hydrogens is 155 g/mol. The summed E-state index contributed by atoms with van der Waals surface area (Å²) >= 11 is 0. The molecule has 0 heterocycles. The Morgan fingerprint density at radius 1 is 1.42 bits per heavy atom. The SMILES string of the molecule is COc1cccc(C)c1OBO. The number of methoxy groups -OCH3 is 1. The quantitative estimate of drug-likeness (QED) is 0.669. The highest BCUT2D eigenvalue weighted by Crippen LogP contribution is 2.29. The Morgan fingerprint density at radius 2 is 2.17 bits per heavy atom. The molecule has 1 aromatic rings. The van der Waals surface area contributed by atoms with Crippen LogP contribution in [0, 0.1) is 6.92 Å². The van der Waals surface area contributed by atoms with Crippen molar-refractivity contribution in [3.63, 3.8) is 0 Å². The van der Waals surface area contributed by atoms with Crippen LogP contribution in [0.3, 0.4) is 0 Å². The maximum atomic E-state index is 8.59. The summed E-state index contributed by atoms with van der Waals surface area (Å²) in [5, 5.41) is 8.59. The molecule has 0 fully saturated rings. The molecule has 0 unspecified atom stereocenters. The second kappa shape index (κ2) is 4.02. The van der Waals surface area contributed by atoms with E-state index in [4.69, 9.17) is 14.4 Å². The third-order valence-corrected chi connectivity index (χ3v) is 1.60. The largest absolute Gasteiger partial charge is 0.536 e. The van der Waals surface area contributed by atoms with Gasteiger partial charge in [-0.3, -0.25) is 0 Å². The Balaban J connectivity index is 3.02. The molecule has 0 saturated carbocycles. The van der Waals surface area contributed by atoms with Crippen LogP contribution in [0.4, 0.5) is 0 Å². The van der Waals surface area contributed by atoms with E-state index >= 15 is 0 Å². The minimum atomic E-state index is -0.332. The molecule has 1 rings (SSSR count). The Morgan fingerprint density at radius 3 is 2.75 bits per heavy atom. The van der Waals surface area contributed by atoms with Crippen LogP contribution in [0.5, 0.6) is 11.5 Å². The predicted octanol–water partition coefficient (Wildman–Crippen LogP) is 0.641. The first-order chi connectivity index (χ1) is 5.79. The van der Waals surface area contributed by atoms with E-state index in [-0.39, 0.29) is 7.69 Å². The van der Waals surface area contributed by atoms with Gasteiger partial charge in [0.05, 0.1) is 7.11 Å². The summed E-state index contributed by atoms with van der Waals surface area (Å²) in [6, 6.07) is 5.56. The zero-order valence-electron chi connectivity index (χ0n) is 7.20. The average molecular weight is 166 g/mol. The molecule has 12 heavy (non-hydrogen) atoms. The molecule has 0 aliphatic rings. The van der Waals surface area contributed by atoms with Gasteiger partial charge >= 0.3 is 7.69 Å². The van der Waals surface area contributed by atoms with E-state index in [1.165, 1.54) is 0 Å². The Bertz CT molecular complexity index is 262. The van der Waals surface area contributed by atoms with Crippen molar-refractivity contribution in [2.24, 2.45) is 0 Å². The number of para-hydroxylation sites is 1. The first kappa shape index (κ1) is 8.94. The minimum Gasteiger partial charge on any atom is -0.536 e. The van der Waals surface area contributed by atoms with Crippen LogP contribution in [0.2, 0.25) is 0 Å². The van der Waals surface area contributed by atoms with Crippen LogP contribution in [0.1, 0.15) is 5.56 Å². The number of benzene rings is 1. The highest BCUT2D eigenvalue weighted by atomic mass is 16.5. The monoisotopic (exact) mass is 166 g/mol. The predicted molar refractivity (Wildman–Crippen MR) is 47.7 cm³/mol. The maximum Gasteiger partial charge on any atom is 0.504 e. The van der Waals surface area contributed by atoms with E-state index in [1.54, 1.807) is 13.2 Å². The second-order valence-corrected chi connectivity index (χ2v) is 2.38. The van der Waals surface area contributed by atoms with Crippen molar-refractivity contribution in [3.8, 4) is 11.5 Å². The van der Waals surface area contributed by atoms with Crippen LogP contribution in [-0.2, 0) is 0 Å². The van der Waals surface area contributed by atoms with Gasteiger partial charge in [0.2, 0.25) is 0 Å². The van der Waals surface area contributed by atoms with Gasteiger partial charge in [-0.25, -0.2) is 0 Å². The zero-order valence-corrected chi connectivity index (χ0v) is 7.20. The standard InChI is InChI=1S/C8H11BO3/c1-6-4-3-5-7(11-2)8(6)12-9-10/h3-5,9-10H,1-2H3. The van der Waals surface area contributed by atoms with E-state index in [0.29, 0.717) is 11.5 Å². The van der Waals surface area contributed by atoms with Crippen molar-refractivity contribution in [2.45, 2.75) is 6.92 Å². The highest BCUT2D eigenvalue weighted by Gasteiger charge is 2.05. The lowest BCUT2D eigenvalue weighted by atomic mass is 10.2. The van der Waals surface area contributed by atoms with E-state index < -0.39 is 0 Å². The van der Waals surface area contributed by atoms with Crippen molar-refractivity contribution in [1.82, 2.24) is 0 Å². The molecule has 0 aliphatic carbocycles. The van der Waals surface area contributed by atoms with Crippen molar-refractivity contribution in [3.05, 3.63) is 23.8 Å². The van der Waals surface area contributed by atoms with Crippen LogP contribution in [-0.4, -0.2) is 19.8 Å². The summed E-state index contributed by atoms with van der Waals surface area (Å²) in [7, 11) is 1.24. The van der Waals surface area contributed by atoms with Gasteiger partial charge in [-0.15, -0.1) is 0 Å². The van der Waals surface area contributed by atoms with Gasteiger partial charge in [0.25, 0.3) is 0 Å². The van der Waals surface area contributed by atoms with Gasteiger partial charge in [-0.05, 0) is 18.6 Å². The van der Waals surface area contributed by atoms with E-state index in [2.05, 4.69) is 0 Å². The van der Waals surface area contributed by atoms with Gasteiger partial charge in [-0.2, -0.15) is 0 Å². The van der Waals surface area contributed by atoms with Crippen molar-refractivity contribution in [2.75, 3.05) is 7.11 Å². The lowest BCUT2D eigenvalue weighted by Gasteiger charge is -2.10. The van der Waals surface area contributed by atoms with E-state index in [0.717, 1.165) is 5.56 Å². The summed E-state index contributed by atoms with van der Waals surface area (Å²) in [6.45, 7) is 1.90. The molecule has 0 amide bonds. The Labute approximate surface area is 72.2 Å². The second-order valence-electron chi connectivity index (χ2n) is 2.38. The third kappa shape index (κ3) is 1.71. The topological polar surface area (TPSA) is 38.7 Å². The van der Waals surface area contributed by atoms with Crippen LogP contribution >= 0.6 is 0 Å². The molecule has 0 radical (unpaired) electrons. The van der Waals surface area contributed by atoms with Crippen molar-refractivity contribution < 1.29 is 14.4 Å². The fourth-order valence-corrected chi connectivity index (χ4v) is 1.04. The number of rotatable bonds is 3. The fourth-order valence-electron chi connectivity index (χ4n) is 1.04. The summed E-state index contributed by atoms with van der Waals surface area (Å²) in [6.07, 6.45) is 0. The molecule has 0 bridgehead atoms. The highest BCUT2D eigenvalue weighted by molar-refractivity contribution is 6.17. The van der Waals surface area contributed by atoms with E-state index in [1.807, 2.05) is 19.1 Å². The molecule has 0 aromatic heterocycles. The molecular formula is C8H11BO3. The molecule has 0 aliphatic heterocycles. The molecule has 0 spiro atoms. The lowest BCUT2D eigenvalue weighted by molar-refractivity contribution is 0.380. The number of aryl methyl sites for hydroxylation is 1. The maximum absolute atomic E-state index is 8.59. The van der Waals surface area contributed by atoms with E-state index in [9.17, 15) is 0 Å². The molecule has 64 valence electrons. The van der Waals surface area contributed by atoms with Gasteiger partial charge in [0, 0.05) is 0 Å². The molecule has 4 heteroatoms. The third-order valence-electron chi connectivity index (χ3n) is 1.60. The zero-order chi connectivity index (χ0) is 8.97. The lowest BCUT2D eigenvalue weighted by Crippen LogP contribution is -2.03. The van der Waals surface area contributed by atoms with Crippen LogP contribution in [0.25, 0.3) is 0 Å². The molecule has 3 nitrogen and oxygen atoms in total. The summed E-state index contributed by atoms with van der Waals surface area (Å²) in [5.41, 5.74) is 0.948. The van der Waals surface area contributed by atoms with Crippen molar-refractivity contribution in [1.29, 1.82) is 0 Å². The molecule has 1 N–H and O–H groups in total. The van der Waals surface area contributed by atoms with Gasteiger partial charge in [0.1, 0.15) is 5.75 Å². The molecule has 0 atom stereocenters. The van der Waals surface area contributed by atoms with Gasteiger partial charge in [0.15, 0.2) is 5.75 Å². The van der Waals surface area contributed by atoms with Crippen LogP contribution in [0.15, 0.2) is 18.2 Å². The first-order valence-corrected chi connectivity index (χ1v) is 3.67. The Kier molecular flexibility index (Phi) is 2.99. The molecule has 0 saturated heterocycles. The van der Waals surface area contributed by atoms with Gasteiger partial charge < -0.3 is 14.4 Å². The van der Waals surface area contributed by atoms with Gasteiger partial charge in [-0.1, -0.05) is 12.1 Å².